The second-order valence-electron chi connectivity index (χ2n) is 13.3. The lowest BCUT2D eigenvalue weighted by Gasteiger charge is -2.23. The van der Waals surface area contributed by atoms with Crippen LogP contribution < -0.4 is 5.32 Å². The van der Waals surface area contributed by atoms with Gasteiger partial charge in [-0.2, -0.15) is 0 Å². The van der Waals surface area contributed by atoms with Crippen molar-refractivity contribution in [1.82, 2.24) is 5.32 Å². The summed E-state index contributed by atoms with van der Waals surface area (Å²) in [4.78, 5) is 66.2. The third-order valence-electron chi connectivity index (χ3n) is 9.14. The number of carbonyl (C=O) groups is 5. The minimum atomic E-state index is -1.29. The molecule has 11 heteroatoms. The number of nitrogens with one attached hydrogen (secondary N) is 1. The number of amides is 1. The maximum atomic E-state index is 13.8. The Balaban J connectivity index is 2.10. The van der Waals surface area contributed by atoms with Crippen LogP contribution in [0, 0.1) is 24.7 Å². The summed E-state index contributed by atoms with van der Waals surface area (Å²) in [6.07, 6.45) is 11.0. The Morgan fingerprint density at radius 3 is 2.04 bits per heavy atom. The van der Waals surface area contributed by atoms with E-state index in [2.05, 4.69) is 5.32 Å². The van der Waals surface area contributed by atoms with Gasteiger partial charge in [0.2, 0.25) is 5.78 Å². The average molecular weight is 702 g/mol. The van der Waals surface area contributed by atoms with Crippen LogP contribution in [0.2, 0.25) is 0 Å². The molecule has 0 fully saturated rings. The van der Waals surface area contributed by atoms with Crippen molar-refractivity contribution in [2.75, 3.05) is 0 Å². The minimum absolute atomic E-state index is 0.0427. The molecule has 2 aliphatic heterocycles. The van der Waals surface area contributed by atoms with Gasteiger partial charge in [0.05, 0.1) is 29.4 Å². The van der Waals surface area contributed by atoms with Crippen molar-refractivity contribution in [2.45, 2.75) is 79.6 Å². The van der Waals surface area contributed by atoms with E-state index in [9.17, 15) is 49.5 Å². The summed E-state index contributed by atoms with van der Waals surface area (Å²) in [5.74, 6) is -7.21. The minimum Gasteiger partial charge on any atom is -0.507 e. The molecule has 272 valence electrons. The molecule has 1 aliphatic carbocycles. The number of aliphatic hydroxyl groups is 4. The van der Waals surface area contributed by atoms with Gasteiger partial charge in [-0.3, -0.25) is 24.0 Å². The highest BCUT2D eigenvalue weighted by Gasteiger charge is 2.39. The highest BCUT2D eigenvalue weighted by Crippen LogP contribution is 2.37. The molecule has 1 aromatic rings. The molecule has 0 saturated carbocycles. The van der Waals surface area contributed by atoms with Gasteiger partial charge in [0.1, 0.15) is 11.4 Å². The zero-order valence-electron chi connectivity index (χ0n) is 29.9. The van der Waals surface area contributed by atoms with Gasteiger partial charge < -0.3 is 30.8 Å². The van der Waals surface area contributed by atoms with E-state index >= 15 is 0 Å². The third kappa shape index (κ3) is 9.63. The second kappa shape index (κ2) is 17.3. The van der Waals surface area contributed by atoms with Crippen LogP contribution in [-0.4, -0.2) is 72.9 Å². The fourth-order valence-corrected chi connectivity index (χ4v) is 5.64. The highest BCUT2D eigenvalue weighted by molar-refractivity contribution is 6.53. The summed E-state index contributed by atoms with van der Waals surface area (Å²) < 4.78 is 0. The monoisotopic (exact) mass is 701 g/mol. The quantitative estimate of drug-likeness (QED) is 0.161. The van der Waals surface area contributed by atoms with Gasteiger partial charge in [-0.05, 0) is 56.9 Å². The Bertz CT molecular complexity index is 1820. The van der Waals surface area contributed by atoms with Gasteiger partial charge >= 0.3 is 0 Å². The van der Waals surface area contributed by atoms with Crippen LogP contribution in [0.5, 0.6) is 5.75 Å². The molecule has 3 aliphatic rings. The standard InChI is InChI=1S/C40H47NO10/c1-20-11-9-8-10-12-23(4)40(51)41-33-37(48)28-18-26(7)36(47)32(31(28)38(49)39(33)50)35(46)25(6)17-24(5)34(45)22(3)14-16-27(42)15-13-21(2)30(44)19-29(20)43/h8-14,16-18,20,22,24,27,29,34,42-43,45,47-48H,15,19H2,1-7H3,(H,41,51)/b10-8+,11-9+,16-14-,21-13-,23-12-,25-17+/t20-,22-,24-,27-,29-,34-/m0/s1. The van der Waals surface area contributed by atoms with Crippen molar-refractivity contribution in [3.8, 4) is 5.75 Å². The average Bonchev–Trinajstić information content (AvgIpc) is 3.09. The van der Waals surface area contributed by atoms with E-state index in [0.717, 1.165) is 0 Å². The van der Waals surface area contributed by atoms with Crippen LogP contribution in [0.25, 0.3) is 5.76 Å². The normalized spacial score (nSPS) is 31.6. The smallest absolute Gasteiger partial charge is 0.253 e. The van der Waals surface area contributed by atoms with E-state index in [-0.39, 0.29) is 40.9 Å². The molecule has 51 heavy (non-hydrogen) atoms. The molecule has 0 spiro atoms. The number of Topliss-reactive ketones (excluding diaryl/α,β-unsaturated/α-hetero) is 4. The predicted octanol–water partition coefficient (Wildman–Crippen LogP) is 4.85. The van der Waals surface area contributed by atoms with Crippen LogP contribution in [0.4, 0.5) is 0 Å². The third-order valence-corrected chi connectivity index (χ3v) is 9.14. The number of carbonyl (C=O) groups excluding carboxylic acids is 5. The molecule has 0 saturated heterocycles. The fraction of sp³-hybridized carbons (Fsp3) is 0.375. The first kappa shape index (κ1) is 40.5. The molecule has 0 unspecified atom stereocenters. The summed E-state index contributed by atoms with van der Waals surface area (Å²) in [5, 5.41) is 56.5. The Labute approximate surface area is 297 Å². The summed E-state index contributed by atoms with van der Waals surface area (Å²) in [6, 6.07) is 1.24. The lowest BCUT2D eigenvalue weighted by atomic mass is 9.82. The van der Waals surface area contributed by atoms with Crippen LogP contribution >= 0.6 is 0 Å². The number of phenolic OH excluding ortho intramolecular Hbond substituents is 1. The number of rotatable bonds is 0. The number of ketones is 4. The summed E-state index contributed by atoms with van der Waals surface area (Å²) in [5.41, 5.74) is -1.23. The fourth-order valence-electron chi connectivity index (χ4n) is 5.64. The van der Waals surface area contributed by atoms with E-state index in [1.807, 2.05) is 0 Å². The van der Waals surface area contributed by atoms with Crippen molar-refractivity contribution in [3.63, 3.8) is 0 Å². The van der Waals surface area contributed by atoms with E-state index in [1.54, 1.807) is 58.1 Å². The van der Waals surface area contributed by atoms with Crippen molar-refractivity contribution < 1.29 is 49.5 Å². The molecule has 2 heterocycles. The largest absolute Gasteiger partial charge is 0.507 e. The predicted molar refractivity (Wildman–Crippen MR) is 193 cm³/mol. The molecule has 0 radical (unpaired) electrons. The topological polar surface area (TPSA) is 199 Å². The first-order valence-corrected chi connectivity index (χ1v) is 16.7. The Hall–Kier alpha value is -4.97. The molecule has 11 nitrogen and oxygen atoms in total. The maximum Gasteiger partial charge on any atom is 0.253 e. The van der Waals surface area contributed by atoms with E-state index in [4.69, 9.17) is 0 Å². The van der Waals surface area contributed by atoms with Crippen LogP contribution in [-0.2, 0) is 14.4 Å². The number of benzene rings is 1. The molecular formula is C40H47NO10. The maximum absolute atomic E-state index is 13.8. The lowest BCUT2D eigenvalue weighted by molar-refractivity contribution is -0.119. The molecule has 4 rings (SSSR count). The number of hydrogen-bond donors (Lipinski definition) is 6. The molecule has 6 atom stereocenters. The van der Waals surface area contributed by atoms with Gasteiger partial charge in [-0.15, -0.1) is 0 Å². The Kier molecular flexibility index (Phi) is 13.7. The van der Waals surface area contributed by atoms with Gasteiger partial charge in [-0.25, -0.2) is 0 Å². The van der Waals surface area contributed by atoms with Crippen molar-refractivity contribution in [1.29, 1.82) is 0 Å². The summed E-state index contributed by atoms with van der Waals surface area (Å²) in [6.45, 7) is 11.0. The number of aliphatic hydroxyl groups excluding tert-OH is 4. The van der Waals surface area contributed by atoms with Crippen molar-refractivity contribution in [3.05, 3.63) is 105 Å². The molecule has 1 amide bonds. The van der Waals surface area contributed by atoms with Gasteiger partial charge in [0.15, 0.2) is 17.3 Å². The number of allylic oxidation sites excluding steroid dienone is 7. The number of aromatic hydroxyl groups is 1. The van der Waals surface area contributed by atoms with Crippen LogP contribution in [0.1, 0.15) is 86.2 Å². The SMILES string of the molecule is C/C1=C/C[C@H](O)/C=C\[C@H](C)[C@H](O)[C@@H](C)/C=C(\C)C(=O)c2c(O)c(C)cc3c2C(=O)C(=O)C(=C3O)NC(=O)\C(C)=C/C=C/C=C/[C@H](C)[C@@H](O)CC1=O. The number of aryl methyl sites for hydroxylation is 1. The summed E-state index contributed by atoms with van der Waals surface area (Å²) in [7, 11) is 0. The number of phenols is 1. The van der Waals surface area contributed by atoms with Crippen LogP contribution in [0.3, 0.4) is 0 Å². The van der Waals surface area contributed by atoms with E-state index in [0.29, 0.717) is 5.57 Å². The highest BCUT2D eigenvalue weighted by atomic mass is 16.3. The van der Waals surface area contributed by atoms with E-state index in [1.165, 1.54) is 51.1 Å². The first-order chi connectivity index (χ1) is 23.9. The number of fused-ring (bicyclic) bond motifs is 18. The van der Waals surface area contributed by atoms with Crippen molar-refractivity contribution in [2.24, 2.45) is 17.8 Å². The molecule has 4 bridgehead atoms. The molecule has 6 N–H and O–H groups in total. The van der Waals surface area contributed by atoms with E-state index < -0.39 is 87.7 Å². The molecular weight excluding hydrogens is 654 g/mol. The van der Waals surface area contributed by atoms with Gasteiger partial charge in [0.25, 0.3) is 11.7 Å². The Morgan fingerprint density at radius 2 is 1.37 bits per heavy atom. The first-order valence-electron chi connectivity index (χ1n) is 16.7. The van der Waals surface area contributed by atoms with Crippen LogP contribution in [0.15, 0.2) is 83.2 Å². The molecule has 0 aromatic heterocycles. The van der Waals surface area contributed by atoms with Gasteiger partial charge in [-0.1, -0.05) is 75.5 Å². The second-order valence-corrected chi connectivity index (χ2v) is 13.3. The van der Waals surface area contributed by atoms with Crippen molar-refractivity contribution >= 4 is 34.8 Å². The Morgan fingerprint density at radius 1 is 0.706 bits per heavy atom. The number of hydrogen-bond acceptors (Lipinski definition) is 10. The van der Waals surface area contributed by atoms with Gasteiger partial charge in [0, 0.05) is 35.3 Å². The lowest BCUT2D eigenvalue weighted by Crippen LogP contribution is -2.36. The zero-order chi connectivity index (χ0) is 38.3. The summed E-state index contributed by atoms with van der Waals surface area (Å²) >= 11 is 0. The zero-order valence-corrected chi connectivity index (χ0v) is 29.9. The molecule has 1 aromatic carbocycles.